The van der Waals surface area contributed by atoms with Crippen LogP contribution in [0.25, 0.3) is 0 Å². The van der Waals surface area contributed by atoms with Crippen molar-refractivity contribution in [2.45, 2.75) is 25.9 Å². The molecule has 0 saturated carbocycles. The number of hydrogen-bond acceptors (Lipinski definition) is 3. The van der Waals surface area contributed by atoms with Gasteiger partial charge in [-0.1, -0.05) is 43.3 Å². The van der Waals surface area contributed by atoms with Gasteiger partial charge in [-0.15, -0.1) is 0 Å². The molecule has 1 atom stereocenters. The van der Waals surface area contributed by atoms with E-state index in [1.165, 1.54) is 12.1 Å². The lowest BCUT2D eigenvalue weighted by atomic mass is 9.92. The Morgan fingerprint density at radius 3 is 2.29 bits per heavy atom. The molecule has 5 nitrogen and oxygen atoms in total. The van der Waals surface area contributed by atoms with Gasteiger partial charge in [0.2, 0.25) is 15.8 Å². The van der Waals surface area contributed by atoms with Crippen LogP contribution in [-0.4, -0.2) is 25.4 Å². The number of sulfonamides is 1. The molecule has 9 heteroatoms. The quantitative estimate of drug-likeness (QED) is 0.513. The Bertz CT molecular complexity index is 1220. The third kappa shape index (κ3) is 5.16. The lowest BCUT2D eigenvalue weighted by molar-refractivity contribution is -0.138. The van der Waals surface area contributed by atoms with Crippen molar-refractivity contribution >= 4 is 21.5 Å². The van der Waals surface area contributed by atoms with Crippen LogP contribution in [0, 0.1) is 6.92 Å². The Labute approximate surface area is 178 Å². The van der Waals surface area contributed by atoms with Crippen LogP contribution in [0.3, 0.4) is 0 Å². The number of hydrogen-bond donors (Lipinski definition) is 2. The van der Waals surface area contributed by atoms with Crippen LogP contribution in [0.2, 0.25) is 0 Å². The summed E-state index contributed by atoms with van der Waals surface area (Å²) >= 11 is 0. The third-order valence-corrected chi connectivity index (χ3v) is 5.50. The van der Waals surface area contributed by atoms with E-state index in [9.17, 15) is 26.4 Å². The predicted molar refractivity (Wildman–Crippen MR) is 113 cm³/mol. The normalized spacial score (nSPS) is 13.1. The Hall–Kier alpha value is -3.07. The third-order valence-electron chi connectivity index (χ3n) is 4.89. The molecule has 0 saturated heterocycles. The van der Waals surface area contributed by atoms with Crippen LogP contribution in [-0.2, 0) is 16.2 Å². The summed E-state index contributed by atoms with van der Waals surface area (Å²) in [6.45, 7) is 3.31. The van der Waals surface area contributed by atoms with Gasteiger partial charge in [-0.25, -0.2) is 8.42 Å². The lowest BCUT2D eigenvalue weighted by Crippen LogP contribution is -2.15. The molecule has 3 rings (SSSR count). The minimum atomic E-state index is -4.69. The van der Waals surface area contributed by atoms with E-state index in [1.807, 2.05) is 0 Å². The fourth-order valence-electron chi connectivity index (χ4n) is 3.41. The highest BCUT2D eigenvalue weighted by molar-refractivity contribution is 7.92. The van der Waals surface area contributed by atoms with Crippen LogP contribution in [0.4, 0.5) is 18.9 Å². The molecule has 31 heavy (non-hydrogen) atoms. The maximum atomic E-state index is 13.7. The van der Waals surface area contributed by atoms with Crippen molar-refractivity contribution in [3.63, 3.8) is 0 Å². The van der Waals surface area contributed by atoms with Gasteiger partial charge in [0.05, 0.1) is 17.5 Å². The molecule has 1 unspecified atom stereocenters. The number of H-pyrrole nitrogens is 1. The summed E-state index contributed by atoms with van der Waals surface area (Å²) in [4.78, 5) is 15.7. The standard InChI is InChI=1S/C22H21F3N2O3S/c1-13-11-19(26-20(13)21(28)15-7-5-4-6-8-15)14(2)17-10-9-16(27-31(3,29)30)12-18(17)22(23,24)25/h4-12,14,26-27H,1-3H3. The van der Waals surface area contributed by atoms with E-state index in [2.05, 4.69) is 9.71 Å². The molecule has 0 aliphatic carbocycles. The fraction of sp³-hybridized carbons (Fsp3) is 0.227. The maximum Gasteiger partial charge on any atom is 0.416 e. The van der Waals surface area contributed by atoms with Crippen LogP contribution in [0.1, 0.15) is 51.3 Å². The summed E-state index contributed by atoms with van der Waals surface area (Å²) in [6, 6.07) is 13.6. The zero-order chi connectivity index (χ0) is 23.0. The smallest absolute Gasteiger partial charge is 0.355 e. The number of alkyl halides is 3. The van der Waals surface area contributed by atoms with Gasteiger partial charge in [0, 0.05) is 22.9 Å². The number of rotatable bonds is 6. The van der Waals surface area contributed by atoms with Crippen LogP contribution in [0.15, 0.2) is 54.6 Å². The fourth-order valence-corrected chi connectivity index (χ4v) is 3.97. The molecule has 164 valence electrons. The molecule has 3 aromatic rings. The highest BCUT2D eigenvalue weighted by atomic mass is 32.2. The summed E-state index contributed by atoms with van der Waals surface area (Å²) in [5.41, 5.74) is 0.707. The largest absolute Gasteiger partial charge is 0.416 e. The second-order valence-electron chi connectivity index (χ2n) is 7.37. The average Bonchev–Trinajstić information content (AvgIpc) is 3.07. The van der Waals surface area contributed by atoms with Crippen molar-refractivity contribution in [2.24, 2.45) is 0 Å². The van der Waals surface area contributed by atoms with Gasteiger partial charge in [-0.05, 0) is 36.2 Å². The van der Waals surface area contributed by atoms with Gasteiger partial charge in [0.1, 0.15) is 0 Å². The Kier molecular flexibility index (Phi) is 6.00. The van der Waals surface area contributed by atoms with E-state index in [-0.39, 0.29) is 17.0 Å². The van der Waals surface area contributed by atoms with Crippen LogP contribution in [0.5, 0.6) is 0 Å². The van der Waals surface area contributed by atoms with E-state index in [4.69, 9.17) is 0 Å². The number of aromatic amines is 1. The molecule has 0 aliphatic rings. The van der Waals surface area contributed by atoms with Crippen molar-refractivity contribution in [1.29, 1.82) is 0 Å². The van der Waals surface area contributed by atoms with E-state index in [0.29, 0.717) is 22.5 Å². The summed E-state index contributed by atoms with van der Waals surface area (Å²) in [7, 11) is -3.72. The first-order chi connectivity index (χ1) is 14.4. The number of benzene rings is 2. The highest BCUT2D eigenvalue weighted by Crippen LogP contribution is 2.39. The molecule has 2 aromatic carbocycles. The molecule has 0 spiro atoms. The Morgan fingerprint density at radius 1 is 1.06 bits per heavy atom. The second kappa shape index (κ2) is 8.22. The van der Waals surface area contributed by atoms with Gasteiger partial charge in [0.25, 0.3) is 0 Å². The number of anilines is 1. The van der Waals surface area contributed by atoms with Crippen molar-refractivity contribution in [2.75, 3.05) is 11.0 Å². The SMILES string of the molecule is Cc1cc(C(C)c2ccc(NS(C)(=O)=O)cc2C(F)(F)F)[nH]c1C(=O)c1ccccc1. The molecule has 1 aromatic heterocycles. The summed E-state index contributed by atoms with van der Waals surface area (Å²) in [5, 5.41) is 0. The van der Waals surface area contributed by atoms with E-state index in [1.54, 1.807) is 50.2 Å². The topological polar surface area (TPSA) is 79.0 Å². The molecule has 0 amide bonds. The number of carbonyl (C=O) groups excluding carboxylic acids is 1. The number of aryl methyl sites for hydroxylation is 1. The molecular weight excluding hydrogens is 429 g/mol. The molecule has 0 aliphatic heterocycles. The number of nitrogens with one attached hydrogen (secondary N) is 2. The molecule has 0 bridgehead atoms. The van der Waals surface area contributed by atoms with Gasteiger partial charge in [-0.3, -0.25) is 9.52 Å². The Morgan fingerprint density at radius 2 is 1.71 bits per heavy atom. The molecule has 2 N–H and O–H groups in total. The molecular formula is C22H21F3N2O3S. The first-order valence-electron chi connectivity index (χ1n) is 9.35. The zero-order valence-electron chi connectivity index (χ0n) is 17.0. The first-order valence-corrected chi connectivity index (χ1v) is 11.2. The van der Waals surface area contributed by atoms with Crippen LogP contribution < -0.4 is 4.72 Å². The monoisotopic (exact) mass is 450 g/mol. The number of ketones is 1. The van der Waals surface area contributed by atoms with Gasteiger partial charge in [0.15, 0.2) is 0 Å². The van der Waals surface area contributed by atoms with Crippen molar-refractivity contribution in [3.8, 4) is 0 Å². The summed E-state index contributed by atoms with van der Waals surface area (Å²) in [6.07, 6.45) is -3.83. The molecule has 0 radical (unpaired) electrons. The zero-order valence-corrected chi connectivity index (χ0v) is 17.9. The van der Waals surface area contributed by atoms with Crippen molar-refractivity contribution < 1.29 is 26.4 Å². The van der Waals surface area contributed by atoms with E-state index < -0.39 is 27.7 Å². The second-order valence-corrected chi connectivity index (χ2v) is 9.12. The summed E-state index contributed by atoms with van der Waals surface area (Å²) < 4.78 is 66.0. The van der Waals surface area contributed by atoms with Gasteiger partial charge < -0.3 is 4.98 Å². The minimum Gasteiger partial charge on any atom is -0.355 e. The van der Waals surface area contributed by atoms with Crippen LogP contribution >= 0.6 is 0 Å². The Balaban J connectivity index is 2.01. The number of aromatic nitrogens is 1. The van der Waals surface area contributed by atoms with E-state index in [0.717, 1.165) is 12.3 Å². The van der Waals surface area contributed by atoms with Crippen molar-refractivity contribution in [1.82, 2.24) is 4.98 Å². The highest BCUT2D eigenvalue weighted by Gasteiger charge is 2.35. The van der Waals surface area contributed by atoms with Crippen molar-refractivity contribution in [3.05, 3.63) is 88.2 Å². The average molecular weight is 450 g/mol. The molecule has 1 heterocycles. The van der Waals surface area contributed by atoms with Gasteiger partial charge in [-0.2, -0.15) is 13.2 Å². The predicted octanol–water partition coefficient (Wildman–Crippen LogP) is 5.10. The first kappa shape index (κ1) is 22.6. The number of carbonyl (C=O) groups is 1. The lowest BCUT2D eigenvalue weighted by Gasteiger charge is -2.19. The number of halogens is 3. The minimum absolute atomic E-state index is 0.0356. The molecule has 0 fully saturated rings. The summed E-state index contributed by atoms with van der Waals surface area (Å²) in [5.74, 6) is -0.972. The van der Waals surface area contributed by atoms with Gasteiger partial charge >= 0.3 is 6.18 Å². The van der Waals surface area contributed by atoms with E-state index >= 15 is 0 Å². The maximum absolute atomic E-state index is 13.7.